The van der Waals surface area contributed by atoms with E-state index in [4.69, 9.17) is 45.4 Å². The summed E-state index contributed by atoms with van der Waals surface area (Å²) in [6.07, 6.45) is -3.15. The predicted molar refractivity (Wildman–Crippen MR) is 150 cm³/mol. The van der Waals surface area contributed by atoms with E-state index in [1.807, 2.05) is 0 Å². The summed E-state index contributed by atoms with van der Waals surface area (Å²) in [5, 5.41) is 16.4. The molecule has 1 unspecified atom stereocenters. The Kier molecular flexibility index (Phi) is 18.4. The molecule has 43 heavy (non-hydrogen) atoms. The van der Waals surface area contributed by atoms with Crippen LogP contribution in [0.1, 0.15) is 53.4 Å². The molecule has 1 saturated carbocycles. The molecule has 9 atom stereocenters. The average Bonchev–Trinajstić information content (AvgIpc) is 3.18. The zero-order valence-corrected chi connectivity index (χ0v) is 29.2. The number of hydrogen-bond acceptors (Lipinski definition) is 13. The van der Waals surface area contributed by atoms with Gasteiger partial charge in [-0.1, -0.05) is 12.2 Å². The number of amides is 1. The van der Waals surface area contributed by atoms with Crippen molar-refractivity contribution >= 4 is 41.0 Å². The number of methoxy groups -OCH3 is 2. The van der Waals surface area contributed by atoms with Gasteiger partial charge < -0.3 is 48.9 Å². The number of carbonyl (C=O) groups is 4. The van der Waals surface area contributed by atoms with Crippen LogP contribution in [0.4, 0.5) is 0 Å². The van der Waals surface area contributed by atoms with Crippen LogP contribution in [-0.4, -0.2) is 117 Å². The van der Waals surface area contributed by atoms with Gasteiger partial charge >= 0.3 is 17.9 Å². The van der Waals surface area contributed by atoms with Gasteiger partial charge in [-0.25, -0.2) is 0 Å². The van der Waals surface area contributed by atoms with Gasteiger partial charge in [-0.05, 0) is 25.7 Å². The normalized spacial score (nSPS) is 30.0. The summed E-state index contributed by atoms with van der Waals surface area (Å²) in [6, 6.07) is -1.16. The van der Waals surface area contributed by atoms with Gasteiger partial charge in [0, 0.05) is 87.1 Å². The summed E-state index contributed by atoms with van der Waals surface area (Å²) >= 11 is 5.52. The Labute approximate surface area is 282 Å². The van der Waals surface area contributed by atoms with E-state index in [9.17, 15) is 24.3 Å². The topological polar surface area (TPSA) is 177 Å². The van der Waals surface area contributed by atoms with Gasteiger partial charge in [0.05, 0.1) is 23.7 Å². The maximum atomic E-state index is 12.0. The van der Waals surface area contributed by atoms with Crippen molar-refractivity contribution < 1.29 is 90.2 Å². The van der Waals surface area contributed by atoms with Crippen molar-refractivity contribution in [3.63, 3.8) is 0 Å². The van der Waals surface area contributed by atoms with Crippen LogP contribution < -0.4 is 10.6 Å². The molecule has 0 aromatic carbocycles. The van der Waals surface area contributed by atoms with Gasteiger partial charge in [0.2, 0.25) is 5.91 Å². The molecular weight excluding hydrogens is 665 g/mol. The minimum Gasteiger partial charge on any atom is -0.463 e. The van der Waals surface area contributed by atoms with Crippen molar-refractivity contribution in [1.82, 2.24) is 10.6 Å². The molecule has 1 heterocycles. The van der Waals surface area contributed by atoms with Crippen LogP contribution in [0.25, 0.3) is 0 Å². The molecule has 0 aromatic rings. The van der Waals surface area contributed by atoms with Crippen LogP contribution >= 0.6 is 12.2 Å². The van der Waals surface area contributed by atoms with Crippen molar-refractivity contribution in [3.05, 3.63) is 0 Å². The SMILES string of the molecule is COC[C@H]1C[C@@H](NC(=S)CCCCO[C@@H]2O[C@H](COC(C)=O)[C@H](OC(C)=O)[C@H](OC(C)=O)[C@H]2NC(C)=O)[C@@H](OC)C1O.[Y]. The zero-order chi connectivity index (χ0) is 31.4. The van der Waals surface area contributed by atoms with E-state index in [0.29, 0.717) is 37.3 Å². The number of rotatable bonds is 15. The van der Waals surface area contributed by atoms with E-state index < -0.39 is 66.7 Å². The third-order valence-corrected chi connectivity index (χ3v) is 7.25. The van der Waals surface area contributed by atoms with Gasteiger partial charge in [0.25, 0.3) is 0 Å². The molecular formula is C27H44N2O12SY. The molecule has 1 amide bonds. The quantitative estimate of drug-likeness (QED) is 0.0907. The van der Waals surface area contributed by atoms with Crippen molar-refractivity contribution in [3.8, 4) is 0 Å². The minimum atomic E-state index is -1.18. The Bertz CT molecular complexity index is 944. The molecule has 0 spiro atoms. The van der Waals surface area contributed by atoms with E-state index in [2.05, 4.69) is 10.6 Å². The molecule has 1 radical (unpaired) electrons. The van der Waals surface area contributed by atoms with Crippen molar-refractivity contribution in [2.24, 2.45) is 5.92 Å². The van der Waals surface area contributed by atoms with Crippen LogP contribution in [0.3, 0.4) is 0 Å². The van der Waals surface area contributed by atoms with Crippen LogP contribution in [0.5, 0.6) is 0 Å². The van der Waals surface area contributed by atoms with E-state index in [1.165, 1.54) is 27.7 Å². The van der Waals surface area contributed by atoms with Crippen molar-refractivity contribution in [2.75, 3.05) is 34.0 Å². The van der Waals surface area contributed by atoms with Crippen LogP contribution in [-0.2, 0) is 85.0 Å². The molecule has 1 aliphatic heterocycles. The van der Waals surface area contributed by atoms with Crippen molar-refractivity contribution in [1.29, 1.82) is 0 Å². The Morgan fingerprint density at radius 2 is 1.56 bits per heavy atom. The first kappa shape index (κ1) is 39.7. The number of esters is 3. The molecule has 243 valence electrons. The van der Waals surface area contributed by atoms with E-state index >= 15 is 0 Å². The zero-order valence-electron chi connectivity index (χ0n) is 25.6. The standard InChI is InChI=1S/C27H44N2O12S.Y/c1-14(30)28-22-26(40-17(4)33)25(39-16(3)32)20(13-38-15(2)31)41-27(22)37-10-8-7-9-21(42)29-19-11-18(12-35-5)23(34)24(19)36-6;/h18-20,22-27,34H,7-13H2,1-6H3,(H,28,30)(H,29,42);/t18-,19-,20-,22-,23?,24-,25+,26-,27-;/m1./s1. The second kappa shape index (κ2) is 19.9. The molecule has 14 nitrogen and oxygen atoms in total. The third kappa shape index (κ3) is 12.9. The number of carbonyl (C=O) groups excluding carboxylic acids is 4. The third-order valence-electron chi connectivity index (χ3n) is 6.92. The summed E-state index contributed by atoms with van der Waals surface area (Å²) in [4.78, 5) is 47.9. The molecule has 2 rings (SSSR count). The number of thiocarbonyl (C=S) groups is 1. The minimum absolute atomic E-state index is 0. The fraction of sp³-hybridized carbons (Fsp3) is 0.815. The van der Waals surface area contributed by atoms with Gasteiger partial charge in [-0.2, -0.15) is 0 Å². The molecule has 0 aromatic heterocycles. The maximum Gasteiger partial charge on any atom is 0.303 e. The monoisotopic (exact) mass is 709 g/mol. The summed E-state index contributed by atoms with van der Waals surface area (Å²) < 4.78 is 38.6. The Morgan fingerprint density at radius 1 is 0.907 bits per heavy atom. The molecule has 2 fully saturated rings. The molecule has 3 N–H and O–H groups in total. The number of aliphatic hydroxyl groups excluding tert-OH is 1. The van der Waals surface area contributed by atoms with Crippen LogP contribution in [0.15, 0.2) is 0 Å². The second-order valence-corrected chi connectivity index (χ2v) is 10.9. The fourth-order valence-electron chi connectivity index (χ4n) is 5.23. The fourth-order valence-corrected chi connectivity index (χ4v) is 5.53. The Hall–Kier alpha value is -1.33. The van der Waals surface area contributed by atoms with E-state index in [0.717, 1.165) is 0 Å². The van der Waals surface area contributed by atoms with Crippen LogP contribution in [0, 0.1) is 5.92 Å². The van der Waals surface area contributed by atoms with E-state index in [1.54, 1.807) is 14.2 Å². The largest absolute Gasteiger partial charge is 0.463 e. The van der Waals surface area contributed by atoms with Crippen molar-refractivity contribution in [2.45, 2.75) is 102 Å². The summed E-state index contributed by atoms with van der Waals surface area (Å²) in [5.74, 6) is -2.46. The van der Waals surface area contributed by atoms with Gasteiger partial charge in [0.1, 0.15) is 24.9 Å². The first-order valence-corrected chi connectivity index (χ1v) is 14.3. The first-order chi connectivity index (χ1) is 19.9. The molecule has 1 saturated heterocycles. The van der Waals surface area contributed by atoms with Gasteiger partial charge in [-0.15, -0.1) is 0 Å². The molecule has 1 aliphatic carbocycles. The smallest absolute Gasteiger partial charge is 0.303 e. The molecule has 16 heteroatoms. The van der Waals surface area contributed by atoms with Gasteiger partial charge in [0.15, 0.2) is 18.5 Å². The average molecular weight is 710 g/mol. The number of unbranched alkanes of at least 4 members (excludes halogenated alkanes) is 1. The maximum absolute atomic E-state index is 12.0. The number of hydrogen-bond donors (Lipinski definition) is 3. The van der Waals surface area contributed by atoms with E-state index in [-0.39, 0.29) is 57.9 Å². The second-order valence-electron chi connectivity index (χ2n) is 10.4. The summed E-state index contributed by atoms with van der Waals surface area (Å²) in [6.45, 7) is 5.14. The van der Waals surface area contributed by atoms with Crippen LogP contribution in [0.2, 0.25) is 0 Å². The number of aliphatic hydroxyl groups is 1. The summed E-state index contributed by atoms with van der Waals surface area (Å²) in [5.41, 5.74) is 0. The Balaban J connectivity index is 0.00000924. The molecule has 0 bridgehead atoms. The predicted octanol–water partition coefficient (Wildman–Crippen LogP) is 0.155. The molecule has 2 aliphatic rings. The van der Waals surface area contributed by atoms with Gasteiger partial charge in [-0.3, -0.25) is 19.2 Å². The Morgan fingerprint density at radius 3 is 2.12 bits per heavy atom. The first-order valence-electron chi connectivity index (χ1n) is 13.9. The summed E-state index contributed by atoms with van der Waals surface area (Å²) in [7, 11) is 3.14. The number of ether oxygens (including phenoxy) is 7. The number of nitrogens with one attached hydrogen (secondary N) is 2.